The van der Waals surface area contributed by atoms with Gasteiger partial charge in [0.2, 0.25) is 0 Å². The van der Waals surface area contributed by atoms with Crippen molar-refractivity contribution in [2.75, 3.05) is 13.1 Å². The van der Waals surface area contributed by atoms with Crippen LogP contribution in [-0.4, -0.2) is 34.0 Å². The van der Waals surface area contributed by atoms with Gasteiger partial charge >= 0.3 is 5.97 Å². The highest BCUT2D eigenvalue weighted by Gasteiger charge is 2.29. The molecule has 0 spiro atoms. The monoisotopic (exact) mass is 338 g/mol. The summed E-state index contributed by atoms with van der Waals surface area (Å²) in [5, 5.41) is 9.33. The van der Waals surface area contributed by atoms with Crippen LogP contribution in [0, 0.1) is 12.8 Å². The zero-order valence-corrected chi connectivity index (χ0v) is 14.8. The number of likely N-dealkylation sites (tertiary alicyclic amines) is 1. The number of nitrogens with zero attached hydrogens (tertiary/aromatic N) is 2. The summed E-state index contributed by atoms with van der Waals surface area (Å²) in [7, 11) is 0. The summed E-state index contributed by atoms with van der Waals surface area (Å²) in [6.07, 6.45) is 4.20. The number of hydrogen-bond donors (Lipinski definition) is 1. The molecule has 1 fully saturated rings. The second-order valence-electron chi connectivity index (χ2n) is 7.03. The molecule has 1 aromatic heterocycles. The summed E-state index contributed by atoms with van der Waals surface area (Å²) < 4.78 is 0. The highest BCUT2D eigenvalue weighted by atomic mass is 16.4. The van der Waals surface area contributed by atoms with Crippen molar-refractivity contribution in [2.24, 2.45) is 5.92 Å². The first-order valence-electron chi connectivity index (χ1n) is 9.02. The van der Waals surface area contributed by atoms with Crippen LogP contribution in [0.5, 0.6) is 0 Å². The lowest BCUT2D eigenvalue weighted by molar-refractivity contribution is -0.137. The Morgan fingerprint density at radius 2 is 1.96 bits per heavy atom. The summed E-state index contributed by atoms with van der Waals surface area (Å²) in [6, 6.07) is 14.4. The van der Waals surface area contributed by atoms with Gasteiger partial charge in [-0.2, -0.15) is 0 Å². The Balaban J connectivity index is 1.62. The lowest BCUT2D eigenvalue weighted by Gasteiger charge is -2.36. The molecule has 1 saturated heterocycles. The Morgan fingerprint density at radius 3 is 2.60 bits per heavy atom. The average Bonchev–Trinajstić information content (AvgIpc) is 2.61. The number of rotatable bonds is 6. The van der Waals surface area contributed by atoms with Gasteiger partial charge in [0.25, 0.3) is 0 Å². The third-order valence-electron chi connectivity index (χ3n) is 5.19. The second kappa shape index (κ2) is 8.26. The summed E-state index contributed by atoms with van der Waals surface area (Å²) >= 11 is 0. The van der Waals surface area contributed by atoms with Gasteiger partial charge in [-0.25, -0.2) is 0 Å². The third-order valence-corrected chi connectivity index (χ3v) is 5.19. The fourth-order valence-corrected chi connectivity index (χ4v) is 3.92. The lowest BCUT2D eigenvalue weighted by Crippen LogP contribution is -2.35. The Kier molecular flexibility index (Phi) is 5.82. The minimum atomic E-state index is -0.705. The van der Waals surface area contributed by atoms with Gasteiger partial charge in [0, 0.05) is 18.4 Å². The molecule has 1 aliphatic rings. The number of pyridine rings is 1. The van der Waals surface area contributed by atoms with Crippen LogP contribution in [-0.2, 0) is 11.3 Å². The zero-order valence-electron chi connectivity index (χ0n) is 14.8. The van der Waals surface area contributed by atoms with Crippen LogP contribution >= 0.6 is 0 Å². The quantitative estimate of drug-likeness (QED) is 0.869. The molecule has 1 aromatic carbocycles. The second-order valence-corrected chi connectivity index (χ2v) is 7.03. The van der Waals surface area contributed by atoms with E-state index in [4.69, 9.17) is 0 Å². The van der Waals surface area contributed by atoms with Crippen molar-refractivity contribution in [3.05, 3.63) is 65.5 Å². The van der Waals surface area contributed by atoms with E-state index >= 15 is 0 Å². The van der Waals surface area contributed by atoms with E-state index < -0.39 is 5.97 Å². The molecule has 1 aliphatic heterocycles. The summed E-state index contributed by atoms with van der Waals surface area (Å²) in [5.74, 6) is -0.151. The van der Waals surface area contributed by atoms with Crippen LogP contribution in [0.15, 0.2) is 48.7 Å². The van der Waals surface area contributed by atoms with E-state index in [1.54, 1.807) is 0 Å². The summed E-state index contributed by atoms with van der Waals surface area (Å²) in [6.45, 7) is 5.01. The molecular weight excluding hydrogens is 312 g/mol. The van der Waals surface area contributed by atoms with Crippen molar-refractivity contribution >= 4 is 5.97 Å². The van der Waals surface area contributed by atoms with Crippen LogP contribution in [0.4, 0.5) is 0 Å². The molecule has 1 unspecified atom stereocenters. The van der Waals surface area contributed by atoms with Crippen LogP contribution in [0.3, 0.4) is 0 Å². The van der Waals surface area contributed by atoms with Crippen molar-refractivity contribution in [3.63, 3.8) is 0 Å². The fourth-order valence-electron chi connectivity index (χ4n) is 3.92. The number of carboxylic acids is 1. The van der Waals surface area contributed by atoms with Gasteiger partial charge in [0.15, 0.2) is 0 Å². The summed E-state index contributed by atoms with van der Waals surface area (Å²) in [4.78, 5) is 18.1. The van der Waals surface area contributed by atoms with Crippen molar-refractivity contribution in [3.8, 4) is 0 Å². The average molecular weight is 338 g/mol. The molecular formula is C21H26N2O2. The van der Waals surface area contributed by atoms with Gasteiger partial charge in [-0.15, -0.1) is 0 Å². The highest BCUT2D eigenvalue weighted by molar-refractivity contribution is 5.68. The zero-order chi connectivity index (χ0) is 17.6. The topological polar surface area (TPSA) is 53.4 Å². The van der Waals surface area contributed by atoms with Crippen molar-refractivity contribution in [1.82, 2.24) is 9.88 Å². The number of carboxylic acid groups (broad SMARTS) is 1. The van der Waals surface area contributed by atoms with Gasteiger partial charge in [0.1, 0.15) is 0 Å². The predicted octanol–water partition coefficient (Wildman–Crippen LogP) is 3.86. The Labute approximate surface area is 149 Å². The minimum Gasteiger partial charge on any atom is -0.481 e. The molecule has 4 nitrogen and oxygen atoms in total. The molecule has 4 heteroatoms. The van der Waals surface area contributed by atoms with Crippen LogP contribution in [0.25, 0.3) is 0 Å². The van der Waals surface area contributed by atoms with Crippen LogP contribution < -0.4 is 0 Å². The SMILES string of the molecule is Cc1cc(CN2CCC(C(CC(=O)O)c3ccccc3)CC2)ccn1. The van der Waals surface area contributed by atoms with Crippen LogP contribution in [0.2, 0.25) is 0 Å². The van der Waals surface area contributed by atoms with Crippen molar-refractivity contribution < 1.29 is 9.90 Å². The Hall–Kier alpha value is -2.20. The van der Waals surface area contributed by atoms with E-state index in [2.05, 4.69) is 34.1 Å². The highest BCUT2D eigenvalue weighted by Crippen LogP contribution is 2.35. The summed E-state index contributed by atoms with van der Waals surface area (Å²) in [5.41, 5.74) is 3.52. The third kappa shape index (κ3) is 4.89. The first-order chi connectivity index (χ1) is 12.1. The lowest BCUT2D eigenvalue weighted by atomic mass is 9.78. The predicted molar refractivity (Wildman–Crippen MR) is 98.4 cm³/mol. The smallest absolute Gasteiger partial charge is 0.303 e. The van der Waals surface area contributed by atoms with E-state index in [1.807, 2.05) is 31.3 Å². The van der Waals surface area contributed by atoms with Gasteiger partial charge in [-0.05, 0) is 68.0 Å². The fraction of sp³-hybridized carbons (Fsp3) is 0.429. The molecule has 0 saturated carbocycles. The Morgan fingerprint density at radius 1 is 1.24 bits per heavy atom. The van der Waals surface area contributed by atoms with E-state index in [-0.39, 0.29) is 12.3 Å². The molecule has 132 valence electrons. The van der Waals surface area contributed by atoms with Crippen molar-refractivity contribution in [1.29, 1.82) is 0 Å². The molecule has 1 N–H and O–H groups in total. The molecule has 2 aromatic rings. The maximum atomic E-state index is 11.3. The number of aromatic nitrogens is 1. The van der Waals surface area contributed by atoms with Gasteiger partial charge in [0.05, 0.1) is 6.42 Å². The number of benzene rings is 1. The molecule has 3 rings (SSSR count). The van der Waals surface area contributed by atoms with E-state index in [9.17, 15) is 9.90 Å². The maximum Gasteiger partial charge on any atom is 0.303 e. The molecule has 0 aliphatic carbocycles. The number of aliphatic carboxylic acids is 1. The first-order valence-corrected chi connectivity index (χ1v) is 9.02. The number of hydrogen-bond acceptors (Lipinski definition) is 3. The molecule has 1 atom stereocenters. The molecule has 0 amide bonds. The van der Waals surface area contributed by atoms with Gasteiger partial charge in [-0.3, -0.25) is 14.7 Å². The number of carbonyl (C=O) groups is 1. The maximum absolute atomic E-state index is 11.3. The number of aryl methyl sites for hydroxylation is 1. The molecule has 0 radical (unpaired) electrons. The first kappa shape index (κ1) is 17.6. The largest absolute Gasteiger partial charge is 0.481 e. The van der Waals surface area contributed by atoms with E-state index in [0.29, 0.717) is 5.92 Å². The standard InChI is InChI=1S/C21H26N2O2/c1-16-13-17(7-10-22-16)15-23-11-8-19(9-12-23)20(14-21(24)25)18-5-3-2-4-6-18/h2-7,10,13,19-20H,8-9,11-12,14-15H2,1H3,(H,24,25). The van der Waals surface area contributed by atoms with Crippen LogP contribution in [0.1, 0.15) is 42.0 Å². The number of piperidine rings is 1. The molecule has 25 heavy (non-hydrogen) atoms. The van der Waals surface area contributed by atoms with Gasteiger partial charge < -0.3 is 5.11 Å². The van der Waals surface area contributed by atoms with Gasteiger partial charge in [-0.1, -0.05) is 30.3 Å². The van der Waals surface area contributed by atoms with E-state index in [0.717, 1.165) is 43.7 Å². The Bertz CT molecular complexity index is 694. The minimum absolute atomic E-state index is 0.115. The molecule has 0 bridgehead atoms. The van der Waals surface area contributed by atoms with Crippen molar-refractivity contribution in [2.45, 2.75) is 38.6 Å². The van der Waals surface area contributed by atoms with E-state index in [1.165, 1.54) is 5.56 Å². The normalized spacial score (nSPS) is 17.3. The molecule has 2 heterocycles.